The number of para-hydroxylation sites is 1. The van der Waals surface area contributed by atoms with E-state index in [1.165, 1.54) is 67.1 Å². The molecule has 1 aromatic heterocycles. The lowest BCUT2D eigenvalue weighted by molar-refractivity contribution is 0.0286. The van der Waals surface area contributed by atoms with Crippen LogP contribution in [0.1, 0.15) is 74.7 Å². The van der Waals surface area contributed by atoms with Gasteiger partial charge in [0, 0.05) is 62.4 Å². The highest BCUT2D eigenvalue weighted by Gasteiger charge is 2.33. The smallest absolute Gasteiger partial charge is 0.410 e. The number of aromatic nitrogens is 1. The number of methoxy groups -OCH3 is 1. The molecule has 2 heterocycles. The number of esters is 1. The molecule has 5 rings (SSSR count). The van der Waals surface area contributed by atoms with E-state index in [1.54, 1.807) is 11.9 Å². The average molecular weight is 589 g/mol. The summed E-state index contributed by atoms with van der Waals surface area (Å²) in [5.41, 5.74) is 6.35. The second-order valence-electron chi connectivity index (χ2n) is 13.4. The number of fused-ring (bicyclic) bond motifs is 5. The summed E-state index contributed by atoms with van der Waals surface area (Å²) in [5.74, 6) is 0.186. The minimum Gasteiger partial charge on any atom is -0.465 e. The number of hydrogen-bond acceptors (Lipinski definition) is 6. The second-order valence-corrected chi connectivity index (χ2v) is 13.4. The number of hydrogen-bond donors (Lipinski definition) is 0. The van der Waals surface area contributed by atoms with Crippen LogP contribution in [0.4, 0.5) is 10.5 Å². The van der Waals surface area contributed by atoms with Crippen molar-refractivity contribution in [1.82, 2.24) is 14.4 Å². The standard InChI is InChI=1S/C35H48N4O4/c1-35(2,3)43-34(41)37(5)20-19-36(4)22-26-23-39-30-21-25(33(40)42-7)17-18-27(30)31(24-13-9-8-10-14-24)32(39)28-15-11-12-16-29(28)38(26)6/h11-12,15-18,21,24,26H,8-10,13-14,19-20,22-23H2,1-7H3. The van der Waals surface area contributed by atoms with Gasteiger partial charge in [0.2, 0.25) is 0 Å². The molecule has 1 fully saturated rings. The van der Waals surface area contributed by atoms with Gasteiger partial charge in [-0.3, -0.25) is 0 Å². The molecule has 2 aliphatic rings. The highest BCUT2D eigenvalue weighted by atomic mass is 16.6. The summed E-state index contributed by atoms with van der Waals surface area (Å²) in [5, 5.41) is 1.25. The molecule has 0 N–H and O–H groups in total. The summed E-state index contributed by atoms with van der Waals surface area (Å²) in [6.07, 6.45) is 5.89. The molecule has 1 saturated carbocycles. The van der Waals surface area contributed by atoms with Crippen molar-refractivity contribution in [2.24, 2.45) is 0 Å². The molecule has 0 spiro atoms. The number of anilines is 1. The number of nitrogens with zero attached hydrogens (tertiary/aromatic N) is 4. The molecule has 3 aromatic rings. The average Bonchev–Trinajstić information content (AvgIpc) is 3.25. The van der Waals surface area contributed by atoms with Crippen LogP contribution in [0.2, 0.25) is 0 Å². The molecule has 0 bridgehead atoms. The van der Waals surface area contributed by atoms with Crippen molar-refractivity contribution in [3.63, 3.8) is 0 Å². The fourth-order valence-electron chi connectivity index (χ4n) is 6.80. The fraction of sp³-hybridized carbons (Fsp3) is 0.543. The van der Waals surface area contributed by atoms with Crippen LogP contribution in [0.15, 0.2) is 42.5 Å². The molecule has 1 amide bonds. The molecule has 0 radical (unpaired) electrons. The minimum absolute atomic E-state index is 0.163. The number of carbonyl (C=O) groups excluding carboxylic acids is 2. The molecule has 1 atom stereocenters. The number of rotatable bonds is 7. The lowest BCUT2D eigenvalue weighted by atomic mass is 9.81. The van der Waals surface area contributed by atoms with Gasteiger partial charge in [0.05, 0.1) is 24.4 Å². The maximum Gasteiger partial charge on any atom is 0.410 e. The van der Waals surface area contributed by atoms with Gasteiger partial charge in [0.15, 0.2) is 0 Å². The summed E-state index contributed by atoms with van der Waals surface area (Å²) in [6.45, 7) is 8.54. The predicted molar refractivity (Wildman–Crippen MR) is 173 cm³/mol. The molecular formula is C35H48N4O4. The third kappa shape index (κ3) is 6.54. The van der Waals surface area contributed by atoms with E-state index in [1.807, 2.05) is 32.9 Å². The second kappa shape index (κ2) is 12.6. The Balaban J connectivity index is 1.52. The van der Waals surface area contributed by atoms with Gasteiger partial charge in [-0.2, -0.15) is 0 Å². The van der Waals surface area contributed by atoms with Gasteiger partial charge in [-0.15, -0.1) is 0 Å². The molecule has 0 saturated heterocycles. The summed E-state index contributed by atoms with van der Waals surface area (Å²) in [7, 11) is 7.54. The maximum absolute atomic E-state index is 12.6. The quantitative estimate of drug-likeness (QED) is 0.284. The van der Waals surface area contributed by atoms with Crippen LogP contribution in [0, 0.1) is 0 Å². The predicted octanol–water partition coefficient (Wildman–Crippen LogP) is 6.76. The number of benzene rings is 2. The third-order valence-electron chi connectivity index (χ3n) is 9.06. The van der Waals surface area contributed by atoms with Crippen molar-refractivity contribution < 1.29 is 19.1 Å². The Morgan fingerprint density at radius 3 is 2.42 bits per heavy atom. The van der Waals surface area contributed by atoms with E-state index in [0.717, 1.165) is 25.2 Å². The van der Waals surface area contributed by atoms with E-state index in [0.29, 0.717) is 18.0 Å². The van der Waals surface area contributed by atoms with Crippen molar-refractivity contribution in [3.05, 3.63) is 53.6 Å². The van der Waals surface area contributed by atoms with Crippen LogP contribution in [0.25, 0.3) is 22.2 Å². The van der Waals surface area contributed by atoms with Crippen molar-refractivity contribution in [3.8, 4) is 11.3 Å². The van der Waals surface area contributed by atoms with Crippen LogP contribution in [0.5, 0.6) is 0 Å². The lowest BCUT2D eigenvalue weighted by Crippen LogP contribution is -2.45. The zero-order valence-electron chi connectivity index (χ0n) is 27.0. The zero-order valence-corrected chi connectivity index (χ0v) is 27.0. The van der Waals surface area contributed by atoms with Gasteiger partial charge in [-0.05, 0) is 70.3 Å². The fourth-order valence-corrected chi connectivity index (χ4v) is 6.80. The molecule has 232 valence electrons. The van der Waals surface area contributed by atoms with Crippen molar-refractivity contribution in [2.45, 2.75) is 77.0 Å². The van der Waals surface area contributed by atoms with Crippen LogP contribution in [-0.2, 0) is 16.0 Å². The van der Waals surface area contributed by atoms with Gasteiger partial charge >= 0.3 is 12.1 Å². The first-order valence-electron chi connectivity index (χ1n) is 15.7. The van der Waals surface area contributed by atoms with Crippen LogP contribution >= 0.6 is 0 Å². The van der Waals surface area contributed by atoms with Gasteiger partial charge in [-0.25, -0.2) is 9.59 Å². The van der Waals surface area contributed by atoms with Gasteiger partial charge in [0.1, 0.15) is 5.60 Å². The number of likely N-dealkylation sites (N-methyl/N-ethyl adjacent to an activating group) is 3. The van der Waals surface area contributed by atoms with E-state index in [9.17, 15) is 9.59 Å². The highest BCUT2D eigenvalue weighted by Crippen LogP contribution is 2.47. The number of amides is 1. The normalized spacial score (nSPS) is 17.4. The highest BCUT2D eigenvalue weighted by molar-refractivity contribution is 6.00. The van der Waals surface area contributed by atoms with E-state index in [-0.39, 0.29) is 18.1 Å². The first-order valence-corrected chi connectivity index (χ1v) is 15.7. The Morgan fingerprint density at radius 1 is 1.00 bits per heavy atom. The Bertz CT molecular complexity index is 1470. The van der Waals surface area contributed by atoms with Gasteiger partial charge in [-0.1, -0.05) is 43.5 Å². The van der Waals surface area contributed by atoms with Gasteiger partial charge in [0.25, 0.3) is 0 Å². The van der Waals surface area contributed by atoms with Crippen LogP contribution in [-0.4, -0.2) is 86.0 Å². The van der Waals surface area contributed by atoms with E-state index < -0.39 is 5.60 Å². The van der Waals surface area contributed by atoms with E-state index >= 15 is 0 Å². The Labute approximate surface area is 256 Å². The number of ether oxygens (including phenoxy) is 2. The zero-order chi connectivity index (χ0) is 30.9. The summed E-state index contributed by atoms with van der Waals surface area (Å²) >= 11 is 0. The Morgan fingerprint density at radius 2 is 1.72 bits per heavy atom. The molecular weight excluding hydrogens is 540 g/mol. The molecule has 8 nitrogen and oxygen atoms in total. The van der Waals surface area contributed by atoms with Crippen molar-refractivity contribution >= 4 is 28.7 Å². The molecule has 1 aliphatic carbocycles. The summed E-state index contributed by atoms with van der Waals surface area (Å²) < 4.78 is 13.1. The Kier molecular flexibility index (Phi) is 9.07. The summed E-state index contributed by atoms with van der Waals surface area (Å²) in [4.78, 5) is 31.5. The molecule has 1 unspecified atom stereocenters. The lowest BCUT2D eigenvalue weighted by Gasteiger charge is -2.33. The monoisotopic (exact) mass is 588 g/mol. The van der Waals surface area contributed by atoms with Crippen LogP contribution in [0.3, 0.4) is 0 Å². The molecule has 1 aliphatic heterocycles. The Hall–Kier alpha value is -3.52. The molecule has 2 aromatic carbocycles. The van der Waals surface area contributed by atoms with E-state index in [4.69, 9.17) is 9.47 Å². The topological polar surface area (TPSA) is 67.2 Å². The SMILES string of the molecule is COC(=O)c1ccc2c(C3CCCCC3)c3n(c2c1)CC(CN(C)CCN(C)C(=O)OC(C)(C)C)N(C)c1ccccc1-3. The largest absolute Gasteiger partial charge is 0.465 e. The van der Waals surface area contributed by atoms with Crippen LogP contribution < -0.4 is 4.90 Å². The molecule has 8 heteroatoms. The third-order valence-corrected chi connectivity index (χ3v) is 9.06. The minimum atomic E-state index is -0.519. The van der Waals surface area contributed by atoms with Gasteiger partial charge < -0.3 is 28.7 Å². The van der Waals surface area contributed by atoms with Crippen molar-refractivity contribution in [1.29, 1.82) is 0 Å². The van der Waals surface area contributed by atoms with E-state index in [2.05, 4.69) is 58.8 Å². The maximum atomic E-state index is 12.6. The molecule has 43 heavy (non-hydrogen) atoms. The number of carbonyl (C=O) groups is 2. The first-order chi connectivity index (χ1) is 20.5. The van der Waals surface area contributed by atoms with Crippen molar-refractivity contribution in [2.75, 3.05) is 52.8 Å². The first kappa shape index (κ1) is 30.9. The summed E-state index contributed by atoms with van der Waals surface area (Å²) in [6, 6.07) is 15.0.